The highest BCUT2D eigenvalue weighted by Crippen LogP contribution is 2.30. The number of anilines is 2. The van der Waals surface area contributed by atoms with Gasteiger partial charge in [0.2, 0.25) is 0 Å². The van der Waals surface area contributed by atoms with Crippen LogP contribution in [0.3, 0.4) is 0 Å². The summed E-state index contributed by atoms with van der Waals surface area (Å²) in [5.74, 6) is 0. The predicted octanol–water partition coefficient (Wildman–Crippen LogP) is 2.75. The third-order valence-corrected chi connectivity index (χ3v) is 2.52. The number of hydrogen-bond donors (Lipinski definition) is 2. The Morgan fingerprint density at radius 1 is 0.733 bits per heavy atom. The van der Waals surface area contributed by atoms with Crippen LogP contribution in [0.5, 0.6) is 0 Å². The lowest BCUT2D eigenvalue weighted by Gasteiger charge is -1.92. The Morgan fingerprint density at radius 2 is 1.47 bits per heavy atom. The van der Waals surface area contributed by atoms with Crippen LogP contribution in [0.1, 0.15) is 0 Å². The van der Waals surface area contributed by atoms with Crippen molar-refractivity contribution in [2.45, 2.75) is 0 Å². The molecule has 4 N–H and O–H groups in total. The Bertz CT molecular complexity index is 655. The van der Waals surface area contributed by atoms with Crippen molar-refractivity contribution in [1.29, 1.82) is 0 Å². The van der Waals surface area contributed by atoms with Gasteiger partial charge in [-0.2, -0.15) is 0 Å². The number of nitrogens with two attached hydrogens (primary N) is 2. The summed E-state index contributed by atoms with van der Waals surface area (Å²) in [6, 6.07) is 11.3. The quantitative estimate of drug-likeness (QED) is 0.546. The Balaban J connectivity index is 2.53. The van der Waals surface area contributed by atoms with Crippen molar-refractivity contribution >= 4 is 33.3 Å². The predicted molar refractivity (Wildman–Crippen MR) is 62.5 cm³/mol. The van der Waals surface area contributed by atoms with Crippen LogP contribution in [0.25, 0.3) is 21.9 Å². The summed E-state index contributed by atoms with van der Waals surface area (Å²) in [5.41, 5.74) is 14.5. The summed E-state index contributed by atoms with van der Waals surface area (Å²) in [7, 11) is 0. The van der Waals surface area contributed by atoms with Crippen LogP contribution in [0.2, 0.25) is 0 Å². The lowest BCUT2D eigenvalue weighted by Crippen LogP contribution is -1.82. The van der Waals surface area contributed by atoms with Gasteiger partial charge in [-0.25, -0.2) is 0 Å². The normalized spacial score (nSPS) is 11.2. The molecule has 3 nitrogen and oxygen atoms in total. The highest BCUT2D eigenvalue weighted by atomic mass is 16.3. The van der Waals surface area contributed by atoms with Crippen LogP contribution in [-0.4, -0.2) is 0 Å². The summed E-state index contributed by atoms with van der Waals surface area (Å²) >= 11 is 0. The van der Waals surface area contributed by atoms with Gasteiger partial charge in [-0.05, 0) is 30.3 Å². The first-order valence-corrected chi connectivity index (χ1v) is 4.71. The Kier molecular flexibility index (Phi) is 1.45. The van der Waals surface area contributed by atoms with Crippen LogP contribution in [-0.2, 0) is 0 Å². The molecule has 0 amide bonds. The van der Waals surface area contributed by atoms with E-state index < -0.39 is 0 Å². The number of nitrogen functional groups attached to an aromatic ring is 2. The fourth-order valence-corrected chi connectivity index (χ4v) is 1.81. The molecule has 2 aromatic carbocycles. The number of furan rings is 1. The van der Waals surface area contributed by atoms with E-state index in [9.17, 15) is 0 Å². The maximum absolute atomic E-state index is 5.74. The SMILES string of the molecule is Nc1ccc2c(c1)oc1ccc(N)cc12. The third-order valence-electron chi connectivity index (χ3n) is 2.52. The largest absolute Gasteiger partial charge is 0.456 e. The molecule has 0 unspecified atom stereocenters. The Hall–Kier alpha value is -2.16. The van der Waals surface area contributed by atoms with Crippen molar-refractivity contribution in [3.05, 3.63) is 36.4 Å². The van der Waals surface area contributed by atoms with Gasteiger partial charge in [0.05, 0.1) is 0 Å². The van der Waals surface area contributed by atoms with E-state index in [2.05, 4.69) is 0 Å². The summed E-state index contributed by atoms with van der Waals surface area (Å²) in [6.07, 6.45) is 0. The van der Waals surface area contributed by atoms with E-state index in [-0.39, 0.29) is 0 Å². The highest BCUT2D eigenvalue weighted by molar-refractivity contribution is 6.06. The lowest BCUT2D eigenvalue weighted by atomic mass is 10.1. The van der Waals surface area contributed by atoms with Crippen LogP contribution in [0.4, 0.5) is 11.4 Å². The first-order valence-electron chi connectivity index (χ1n) is 4.71. The second kappa shape index (κ2) is 2.67. The van der Waals surface area contributed by atoms with Crippen LogP contribution >= 0.6 is 0 Å². The Labute approximate surface area is 86.3 Å². The van der Waals surface area contributed by atoms with E-state index >= 15 is 0 Å². The summed E-state index contributed by atoms with van der Waals surface area (Å²) in [6.45, 7) is 0. The second-order valence-electron chi connectivity index (χ2n) is 3.61. The zero-order chi connectivity index (χ0) is 10.4. The number of rotatable bonds is 0. The maximum Gasteiger partial charge on any atom is 0.137 e. The molecule has 0 aliphatic carbocycles. The van der Waals surface area contributed by atoms with Crippen molar-refractivity contribution in [3.8, 4) is 0 Å². The fourth-order valence-electron chi connectivity index (χ4n) is 1.81. The molecule has 0 fully saturated rings. The zero-order valence-electron chi connectivity index (χ0n) is 8.03. The maximum atomic E-state index is 5.74. The van der Waals surface area contributed by atoms with Crippen molar-refractivity contribution in [2.75, 3.05) is 11.5 Å². The molecule has 0 saturated carbocycles. The van der Waals surface area contributed by atoms with E-state index in [1.165, 1.54) is 0 Å². The van der Waals surface area contributed by atoms with Crippen molar-refractivity contribution in [1.82, 2.24) is 0 Å². The lowest BCUT2D eigenvalue weighted by molar-refractivity contribution is 0.669. The molecule has 0 atom stereocenters. The molecule has 0 spiro atoms. The third kappa shape index (κ3) is 1.13. The number of fused-ring (bicyclic) bond motifs is 3. The van der Waals surface area contributed by atoms with Crippen LogP contribution < -0.4 is 11.5 Å². The van der Waals surface area contributed by atoms with E-state index in [0.717, 1.165) is 27.6 Å². The summed E-state index contributed by atoms with van der Waals surface area (Å²) in [5, 5.41) is 2.08. The molecule has 15 heavy (non-hydrogen) atoms. The van der Waals surface area contributed by atoms with Gasteiger partial charge in [0.25, 0.3) is 0 Å². The summed E-state index contributed by atoms with van der Waals surface area (Å²) in [4.78, 5) is 0. The van der Waals surface area contributed by atoms with E-state index in [1.807, 2.05) is 36.4 Å². The molecule has 0 aliphatic rings. The van der Waals surface area contributed by atoms with Gasteiger partial charge in [0, 0.05) is 28.2 Å². The first kappa shape index (κ1) is 8.17. The van der Waals surface area contributed by atoms with Crippen LogP contribution in [0.15, 0.2) is 40.8 Å². The zero-order valence-corrected chi connectivity index (χ0v) is 8.03. The highest BCUT2D eigenvalue weighted by Gasteiger charge is 2.06. The topological polar surface area (TPSA) is 65.2 Å². The minimum absolute atomic E-state index is 0.703. The molecule has 3 rings (SSSR count). The molecule has 3 heteroatoms. The fraction of sp³-hybridized carbons (Fsp3) is 0. The van der Waals surface area contributed by atoms with Gasteiger partial charge in [-0.3, -0.25) is 0 Å². The van der Waals surface area contributed by atoms with Gasteiger partial charge in [0.1, 0.15) is 11.2 Å². The average molecular weight is 198 g/mol. The van der Waals surface area contributed by atoms with Crippen molar-refractivity contribution in [3.63, 3.8) is 0 Å². The van der Waals surface area contributed by atoms with Gasteiger partial charge in [-0.15, -0.1) is 0 Å². The van der Waals surface area contributed by atoms with E-state index in [1.54, 1.807) is 0 Å². The first-order chi connectivity index (χ1) is 7.24. The van der Waals surface area contributed by atoms with Gasteiger partial charge in [-0.1, -0.05) is 0 Å². The molecular formula is C12H10N2O. The number of benzene rings is 2. The average Bonchev–Trinajstić information content (AvgIpc) is 2.54. The smallest absolute Gasteiger partial charge is 0.137 e. The molecule has 1 aromatic heterocycles. The summed E-state index contributed by atoms with van der Waals surface area (Å²) < 4.78 is 5.65. The molecule has 0 bridgehead atoms. The standard InChI is InChI=1S/C12H10N2O/c13-7-2-4-11-10(5-7)9-3-1-8(14)6-12(9)15-11/h1-6H,13-14H2. The molecule has 3 aromatic rings. The minimum Gasteiger partial charge on any atom is -0.456 e. The molecule has 0 radical (unpaired) electrons. The van der Waals surface area contributed by atoms with Gasteiger partial charge >= 0.3 is 0 Å². The molecular weight excluding hydrogens is 188 g/mol. The monoisotopic (exact) mass is 198 g/mol. The van der Waals surface area contributed by atoms with Crippen molar-refractivity contribution < 1.29 is 4.42 Å². The minimum atomic E-state index is 0.703. The molecule has 1 heterocycles. The van der Waals surface area contributed by atoms with Crippen molar-refractivity contribution in [2.24, 2.45) is 0 Å². The molecule has 0 saturated heterocycles. The second-order valence-corrected chi connectivity index (χ2v) is 3.61. The molecule has 0 aliphatic heterocycles. The molecule has 74 valence electrons. The van der Waals surface area contributed by atoms with Crippen LogP contribution in [0, 0.1) is 0 Å². The number of hydrogen-bond acceptors (Lipinski definition) is 3. The van der Waals surface area contributed by atoms with E-state index in [4.69, 9.17) is 15.9 Å². The Morgan fingerprint density at radius 3 is 2.33 bits per heavy atom. The van der Waals surface area contributed by atoms with Gasteiger partial charge in [0.15, 0.2) is 0 Å². The van der Waals surface area contributed by atoms with Gasteiger partial charge < -0.3 is 15.9 Å². The van der Waals surface area contributed by atoms with E-state index in [0.29, 0.717) is 5.69 Å².